The Kier molecular flexibility index (Phi) is 2.79. The molecule has 0 aromatic rings. The van der Waals surface area contributed by atoms with Crippen LogP contribution in [0.3, 0.4) is 0 Å². The van der Waals surface area contributed by atoms with E-state index in [-0.39, 0.29) is 4.81 Å². The summed E-state index contributed by atoms with van der Waals surface area (Å²) >= 11 is 0. The number of nitrogens with zero attached hydrogens (tertiary/aromatic N) is 2. The van der Waals surface area contributed by atoms with E-state index in [2.05, 4.69) is 0 Å². The number of hydrogen-bond acceptors (Lipinski definition) is 2. The monoisotopic (exact) mass is 150 g/mol. The van der Waals surface area contributed by atoms with Crippen molar-refractivity contribution in [1.29, 1.82) is 0 Å². The minimum Gasteiger partial charge on any atom is -0.167 e. The van der Waals surface area contributed by atoms with Crippen LogP contribution >= 0.6 is 0 Å². The van der Waals surface area contributed by atoms with Gasteiger partial charge in [-0.15, -0.1) is 4.65 Å². The molecule has 0 aromatic carbocycles. The largest absolute Gasteiger partial charge is 0.167 e. The molecule has 0 aliphatic heterocycles. The molecule has 0 amide bonds. The quantitative estimate of drug-likeness (QED) is 0.422. The first-order valence-electron chi connectivity index (χ1n) is 3.19. The zero-order valence-electron chi connectivity index (χ0n) is 7.71. The number of rotatable bonds is 3. The molecule has 0 rings (SSSR count). The van der Waals surface area contributed by atoms with Crippen LogP contribution in [0.15, 0.2) is 0 Å². The molecule has 0 aromatic heterocycles. The molecule has 0 spiro atoms. The topological polar surface area (TPSA) is 18.5 Å². The number of hydroxylamine groups is 7. The summed E-state index contributed by atoms with van der Waals surface area (Å²) < 4.78 is 0.418. The molecule has 0 saturated heterocycles. The standard InChI is InChI=1S/C6H18N2O2/c1-7(2,3)10-8(4,5)9-6/h1-6H3/q+2. The van der Waals surface area contributed by atoms with Gasteiger partial charge in [-0.25, -0.2) is 0 Å². The summed E-state index contributed by atoms with van der Waals surface area (Å²) in [6, 6.07) is 0. The Morgan fingerprint density at radius 1 is 0.900 bits per heavy atom. The Bertz CT molecular complexity index is 107. The van der Waals surface area contributed by atoms with Gasteiger partial charge in [-0.05, 0) is 0 Å². The second-order valence-electron chi connectivity index (χ2n) is 3.41. The Balaban J connectivity index is 3.89. The lowest BCUT2D eigenvalue weighted by molar-refractivity contribution is -1.39. The molecule has 0 aliphatic rings. The highest BCUT2D eigenvalue weighted by molar-refractivity contribution is 3.79. The molecular weight excluding hydrogens is 132 g/mol. The van der Waals surface area contributed by atoms with E-state index in [1.165, 1.54) is 0 Å². The summed E-state index contributed by atoms with van der Waals surface area (Å²) in [4.78, 5) is 10.5. The highest BCUT2D eigenvalue weighted by atomic mass is 17.1. The molecular formula is C6H18N2O2+2. The fourth-order valence-corrected chi connectivity index (χ4v) is 0.623. The molecule has 4 heteroatoms. The molecule has 62 valence electrons. The summed E-state index contributed by atoms with van der Waals surface area (Å²) in [6.07, 6.45) is 0. The van der Waals surface area contributed by atoms with Gasteiger partial charge in [0.2, 0.25) is 0 Å². The molecule has 0 unspecified atom stereocenters. The van der Waals surface area contributed by atoms with Crippen LogP contribution in [0.5, 0.6) is 0 Å². The third-order valence-electron chi connectivity index (χ3n) is 0.881. The van der Waals surface area contributed by atoms with Gasteiger partial charge in [-0.3, -0.25) is 0 Å². The maximum atomic E-state index is 5.43. The average Bonchev–Trinajstić information content (AvgIpc) is 1.60. The van der Waals surface area contributed by atoms with Crippen molar-refractivity contribution in [2.45, 2.75) is 0 Å². The molecule has 0 radical (unpaired) electrons. The smallest absolute Gasteiger partial charge is 0.138 e. The summed E-state index contributed by atoms with van der Waals surface area (Å²) in [7, 11) is 11.0. The van der Waals surface area contributed by atoms with E-state index in [0.29, 0.717) is 4.65 Å². The van der Waals surface area contributed by atoms with Crippen molar-refractivity contribution in [3.8, 4) is 0 Å². The van der Waals surface area contributed by atoms with Gasteiger partial charge in [-0.2, -0.15) is 4.84 Å². The van der Waals surface area contributed by atoms with Crippen LogP contribution in [-0.2, 0) is 9.78 Å². The lowest BCUT2D eigenvalue weighted by Crippen LogP contribution is -2.50. The third kappa shape index (κ3) is 4.69. The van der Waals surface area contributed by atoms with E-state index >= 15 is 0 Å². The van der Waals surface area contributed by atoms with Gasteiger partial charge in [0.1, 0.15) is 35.2 Å². The predicted octanol–water partition coefficient (Wildman–Crippen LogP) is 0.177. The molecule has 4 nitrogen and oxygen atoms in total. The minimum absolute atomic E-state index is 0.101. The second kappa shape index (κ2) is 2.84. The summed E-state index contributed by atoms with van der Waals surface area (Å²) in [5.41, 5.74) is 0. The van der Waals surface area contributed by atoms with Gasteiger partial charge in [0.05, 0.1) is 7.11 Å². The highest BCUT2D eigenvalue weighted by Crippen LogP contribution is 2.04. The molecule has 0 aliphatic carbocycles. The first-order valence-corrected chi connectivity index (χ1v) is 3.19. The third-order valence-corrected chi connectivity index (χ3v) is 0.881. The van der Waals surface area contributed by atoms with Crippen LogP contribution < -0.4 is 0 Å². The normalized spacial score (nSPS) is 13.8. The van der Waals surface area contributed by atoms with Crippen LogP contribution in [0.25, 0.3) is 0 Å². The van der Waals surface area contributed by atoms with E-state index in [1.807, 2.05) is 35.2 Å². The van der Waals surface area contributed by atoms with Crippen LogP contribution in [0, 0.1) is 0 Å². The van der Waals surface area contributed by atoms with E-state index in [4.69, 9.17) is 9.78 Å². The van der Waals surface area contributed by atoms with E-state index in [9.17, 15) is 0 Å². The van der Waals surface area contributed by atoms with Crippen LogP contribution in [-0.4, -0.2) is 51.8 Å². The fourth-order valence-electron chi connectivity index (χ4n) is 0.623. The van der Waals surface area contributed by atoms with E-state index < -0.39 is 0 Å². The van der Waals surface area contributed by atoms with Crippen molar-refractivity contribution in [3.05, 3.63) is 0 Å². The Labute approximate surface area is 62.6 Å². The van der Waals surface area contributed by atoms with Gasteiger partial charge in [0.25, 0.3) is 0 Å². The Hall–Kier alpha value is -0.160. The van der Waals surface area contributed by atoms with Crippen LogP contribution in [0.4, 0.5) is 0 Å². The Morgan fingerprint density at radius 3 is 1.40 bits per heavy atom. The van der Waals surface area contributed by atoms with Gasteiger partial charge < -0.3 is 0 Å². The lowest BCUT2D eigenvalue weighted by Gasteiger charge is -2.27. The van der Waals surface area contributed by atoms with Crippen molar-refractivity contribution < 1.29 is 19.2 Å². The second-order valence-corrected chi connectivity index (χ2v) is 3.41. The molecule has 0 saturated carbocycles. The van der Waals surface area contributed by atoms with Gasteiger partial charge in [-0.1, -0.05) is 0 Å². The first kappa shape index (κ1) is 9.84. The maximum Gasteiger partial charge on any atom is 0.138 e. The molecule has 0 N–H and O–H groups in total. The zero-order chi connectivity index (χ0) is 8.41. The van der Waals surface area contributed by atoms with Crippen LogP contribution in [0.1, 0.15) is 0 Å². The molecule has 0 fully saturated rings. The Morgan fingerprint density at radius 2 is 1.30 bits per heavy atom. The zero-order valence-corrected chi connectivity index (χ0v) is 7.71. The summed E-state index contributed by atoms with van der Waals surface area (Å²) in [6.45, 7) is 0. The first-order chi connectivity index (χ1) is 4.27. The van der Waals surface area contributed by atoms with Crippen LogP contribution in [0.2, 0.25) is 0 Å². The van der Waals surface area contributed by atoms with Gasteiger partial charge >= 0.3 is 0 Å². The van der Waals surface area contributed by atoms with Crippen molar-refractivity contribution in [3.63, 3.8) is 0 Å². The van der Waals surface area contributed by atoms with Crippen molar-refractivity contribution >= 4 is 0 Å². The SMILES string of the molecule is CO[N+](C)(C)O[N+](C)(C)C. The van der Waals surface area contributed by atoms with Crippen molar-refractivity contribution in [2.75, 3.05) is 42.3 Å². The molecule has 0 bridgehead atoms. The number of quaternary nitrogens is 2. The lowest BCUT2D eigenvalue weighted by atomic mass is 10.9. The minimum atomic E-state index is 0.101. The average molecular weight is 150 g/mol. The van der Waals surface area contributed by atoms with Crippen molar-refractivity contribution in [2.24, 2.45) is 0 Å². The number of hydrogen-bond donors (Lipinski definition) is 0. The molecule has 0 atom stereocenters. The summed E-state index contributed by atoms with van der Waals surface area (Å²) in [5, 5.41) is 0. The van der Waals surface area contributed by atoms with Crippen molar-refractivity contribution in [1.82, 2.24) is 0 Å². The fraction of sp³-hybridized carbons (Fsp3) is 1.00. The van der Waals surface area contributed by atoms with Gasteiger partial charge in [0, 0.05) is 9.75 Å². The maximum absolute atomic E-state index is 5.43. The van der Waals surface area contributed by atoms with Gasteiger partial charge in [0.15, 0.2) is 0 Å². The van der Waals surface area contributed by atoms with E-state index in [0.717, 1.165) is 0 Å². The molecule has 0 heterocycles. The highest BCUT2D eigenvalue weighted by Gasteiger charge is 2.27. The van der Waals surface area contributed by atoms with E-state index in [1.54, 1.807) is 7.11 Å². The predicted molar refractivity (Wildman–Crippen MR) is 38.2 cm³/mol. The molecule has 10 heavy (non-hydrogen) atoms. The summed E-state index contributed by atoms with van der Waals surface area (Å²) in [5.74, 6) is 0.